The number of halogens is 1. The minimum Gasteiger partial charge on any atom is -0.382 e. The molecular formula is C21H22BrN3O3S. The van der Waals surface area contributed by atoms with Gasteiger partial charge < -0.3 is 15.0 Å². The number of aromatic nitrogens is 2. The Labute approximate surface area is 182 Å². The number of amides is 1. The lowest BCUT2D eigenvalue weighted by Gasteiger charge is -2.10. The van der Waals surface area contributed by atoms with Crippen LogP contribution in [-0.2, 0) is 11.3 Å². The number of carbonyl (C=O) groups is 1. The minimum absolute atomic E-state index is 0.127. The van der Waals surface area contributed by atoms with Crippen molar-refractivity contribution in [2.75, 3.05) is 19.8 Å². The van der Waals surface area contributed by atoms with E-state index in [0.717, 1.165) is 16.5 Å². The molecule has 3 rings (SSSR count). The van der Waals surface area contributed by atoms with E-state index in [1.54, 1.807) is 18.2 Å². The van der Waals surface area contributed by atoms with Gasteiger partial charge in [-0.25, -0.2) is 0 Å². The number of hydrogen-bond acceptors (Lipinski definition) is 4. The van der Waals surface area contributed by atoms with Gasteiger partial charge in [0.2, 0.25) is 0 Å². The van der Waals surface area contributed by atoms with Gasteiger partial charge in [-0.1, -0.05) is 28.1 Å². The average molecular weight is 476 g/mol. The molecule has 0 unspecified atom stereocenters. The largest absolute Gasteiger partial charge is 0.382 e. The third-order valence-corrected chi connectivity index (χ3v) is 5.27. The van der Waals surface area contributed by atoms with Gasteiger partial charge in [-0.05, 0) is 61.5 Å². The highest BCUT2D eigenvalue weighted by atomic mass is 79.9. The molecule has 0 spiro atoms. The zero-order chi connectivity index (χ0) is 20.8. The molecule has 0 fully saturated rings. The summed E-state index contributed by atoms with van der Waals surface area (Å²) >= 11 is 8.76. The summed E-state index contributed by atoms with van der Waals surface area (Å²) in [7, 11) is 0. The molecular weight excluding hydrogens is 454 g/mol. The molecule has 0 atom stereocenters. The molecule has 1 amide bonds. The molecule has 8 heteroatoms. The first-order valence-corrected chi connectivity index (χ1v) is 10.6. The van der Waals surface area contributed by atoms with Crippen molar-refractivity contribution in [3.05, 3.63) is 73.2 Å². The maximum absolute atomic E-state index is 12.9. The predicted molar refractivity (Wildman–Crippen MR) is 120 cm³/mol. The number of nitrogens with one attached hydrogen (secondary N) is 2. The van der Waals surface area contributed by atoms with Crippen LogP contribution in [0.3, 0.4) is 0 Å². The van der Waals surface area contributed by atoms with Crippen molar-refractivity contribution in [1.29, 1.82) is 0 Å². The van der Waals surface area contributed by atoms with Gasteiger partial charge in [-0.3, -0.25) is 14.2 Å². The molecule has 0 saturated heterocycles. The predicted octanol–water partition coefficient (Wildman–Crippen LogP) is 4.03. The molecule has 1 heterocycles. The van der Waals surface area contributed by atoms with E-state index in [0.29, 0.717) is 47.5 Å². The normalized spacial score (nSPS) is 11.0. The van der Waals surface area contributed by atoms with Crippen LogP contribution < -0.4 is 10.9 Å². The number of H-pyrrole nitrogens is 1. The van der Waals surface area contributed by atoms with Crippen LogP contribution in [0.15, 0.2) is 51.7 Å². The highest BCUT2D eigenvalue weighted by molar-refractivity contribution is 9.10. The summed E-state index contributed by atoms with van der Waals surface area (Å²) in [5, 5.41) is 3.44. The van der Waals surface area contributed by atoms with Crippen molar-refractivity contribution in [2.45, 2.75) is 19.9 Å². The van der Waals surface area contributed by atoms with Crippen LogP contribution in [0.25, 0.3) is 10.9 Å². The van der Waals surface area contributed by atoms with Crippen LogP contribution in [0, 0.1) is 4.77 Å². The maximum atomic E-state index is 12.9. The van der Waals surface area contributed by atoms with Gasteiger partial charge in [0.05, 0.1) is 17.4 Å². The van der Waals surface area contributed by atoms with Crippen molar-refractivity contribution >= 4 is 45.0 Å². The molecule has 0 saturated carbocycles. The lowest BCUT2D eigenvalue weighted by atomic mass is 10.1. The standard InChI is InChI=1S/C21H22BrN3O3S/c1-2-28-11-3-10-23-19(26)15-6-4-14(5-7-15)13-25-20(27)17-12-16(22)8-9-18(17)24-21(25)29/h4-9,12H,2-3,10-11,13H2,1H3,(H,23,26)(H,24,29). The van der Waals surface area contributed by atoms with Crippen LogP contribution in [0.5, 0.6) is 0 Å². The van der Waals surface area contributed by atoms with Gasteiger partial charge in [0.15, 0.2) is 4.77 Å². The van der Waals surface area contributed by atoms with Gasteiger partial charge in [-0.2, -0.15) is 0 Å². The topological polar surface area (TPSA) is 76.1 Å². The van der Waals surface area contributed by atoms with Gasteiger partial charge >= 0.3 is 0 Å². The summed E-state index contributed by atoms with van der Waals surface area (Å²) in [6, 6.07) is 12.6. The third-order valence-electron chi connectivity index (χ3n) is 4.46. The summed E-state index contributed by atoms with van der Waals surface area (Å²) in [4.78, 5) is 28.2. The third kappa shape index (κ3) is 5.41. The summed E-state index contributed by atoms with van der Waals surface area (Å²) in [6.45, 7) is 4.15. The molecule has 2 aromatic carbocycles. The summed E-state index contributed by atoms with van der Waals surface area (Å²) in [5.74, 6) is -0.127. The lowest BCUT2D eigenvalue weighted by molar-refractivity contribution is 0.0944. The average Bonchev–Trinajstić information content (AvgIpc) is 2.72. The van der Waals surface area contributed by atoms with Crippen molar-refractivity contribution in [2.24, 2.45) is 0 Å². The monoisotopic (exact) mass is 475 g/mol. The summed E-state index contributed by atoms with van der Waals surface area (Å²) < 4.78 is 7.97. The van der Waals surface area contributed by atoms with Crippen molar-refractivity contribution in [3.8, 4) is 0 Å². The molecule has 29 heavy (non-hydrogen) atoms. The first-order chi connectivity index (χ1) is 14.0. The fourth-order valence-electron chi connectivity index (χ4n) is 2.93. The Kier molecular flexibility index (Phi) is 7.35. The second-order valence-corrected chi connectivity index (χ2v) is 7.82. The van der Waals surface area contributed by atoms with Crippen LogP contribution in [0.4, 0.5) is 0 Å². The molecule has 3 aromatic rings. The number of rotatable bonds is 8. The molecule has 0 bridgehead atoms. The first kappa shape index (κ1) is 21.4. The number of ether oxygens (including phenoxy) is 1. The van der Waals surface area contributed by atoms with Crippen LogP contribution >= 0.6 is 28.1 Å². The molecule has 0 aliphatic rings. The molecule has 0 aliphatic heterocycles. The Hall–Kier alpha value is -2.29. The van der Waals surface area contributed by atoms with Crippen molar-refractivity contribution < 1.29 is 9.53 Å². The number of benzene rings is 2. The smallest absolute Gasteiger partial charge is 0.262 e. The molecule has 0 radical (unpaired) electrons. The van der Waals surface area contributed by atoms with Gasteiger partial charge in [0.1, 0.15) is 0 Å². The highest BCUT2D eigenvalue weighted by Crippen LogP contribution is 2.16. The van der Waals surface area contributed by atoms with Gasteiger partial charge in [-0.15, -0.1) is 0 Å². The zero-order valence-electron chi connectivity index (χ0n) is 16.0. The number of hydrogen-bond donors (Lipinski definition) is 2. The van der Waals surface area contributed by atoms with Crippen molar-refractivity contribution in [3.63, 3.8) is 0 Å². The van der Waals surface area contributed by atoms with E-state index in [-0.39, 0.29) is 11.5 Å². The Morgan fingerprint density at radius 1 is 1.24 bits per heavy atom. The Bertz CT molecular complexity index is 1120. The van der Waals surface area contributed by atoms with Gasteiger partial charge in [0.25, 0.3) is 11.5 Å². The fraction of sp³-hybridized carbons (Fsp3) is 0.286. The number of fused-ring (bicyclic) bond motifs is 1. The van der Waals surface area contributed by atoms with Crippen molar-refractivity contribution in [1.82, 2.24) is 14.9 Å². The molecule has 1 aromatic heterocycles. The Balaban J connectivity index is 1.72. The molecule has 2 N–H and O–H groups in total. The number of nitrogens with zero attached hydrogens (tertiary/aromatic N) is 1. The minimum atomic E-state index is -0.152. The summed E-state index contributed by atoms with van der Waals surface area (Å²) in [6.07, 6.45) is 0.775. The van der Waals surface area contributed by atoms with Crippen LogP contribution in [0.2, 0.25) is 0 Å². The summed E-state index contributed by atoms with van der Waals surface area (Å²) in [5.41, 5.74) is 2.01. The van der Waals surface area contributed by atoms with Crippen LogP contribution in [0.1, 0.15) is 29.3 Å². The fourth-order valence-corrected chi connectivity index (χ4v) is 3.55. The first-order valence-electron chi connectivity index (χ1n) is 9.37. The second-order valence-electron chi connectivity index (χ2n) is 6.51. The van der Waals surface area contributed by atoms with E-state index in [1.807, 2.05) is 31.2 Å². The van der Waals surface area contributed by atoms with E-state index in [1.165, 1.54) is 4.57 Å². The lowest BCUT2D eigenvalue weighted by Crippen LogP contribution is -2.25. The highest BCUT2D eigenvalue weighted by Gasteiger charge is 2.09. The van der Waals surface area contributed by atoms with Crippen LogP contribution in [-0.4, -0.2) is 35.2 Å². The quantitative estimate of drug-likeness (QED) is 0.380. The van der Waals surface area contributed by atoms with E-state index in [2.05, 4.69) is 26.2 Å². The van der Waals surface area contributed by atoms with E-state index in [9.17, 15) is 9.59 Å². The van der Waals surface area contributed by atoms with E-state index >= 15 is 0 Å². The number of carbonyl (C=O) groups excluding carboxylic acids is 1. The SMILES string of the molecule is CCOCCCNC(=O)c1ccc(Cn2c(=S)[nH]c3ccc(Br)cc3c2=O)cc1. The zero-order valence-corrected chi connectivity index (χ0v) is 18.4. The Morgan fingerprint density at radius 2 is 2.00 bits per heavy atom. The van der Waals surface area contributed by atoms with E-state index < -0.39 is 0 Å². The number of aromatic amines is 1. The maximum Gasteiger partial charge on any atom is 0.262 e. The second kappa shape index (κ2) is 9.96. The molecule has 6 nitrogen and oxygen atoms in total. The van der Waals surface area contributed by atoms with Gasteiger partial charge in [0, 0.05) is 29.8 Å². The van der Waals surface area contributed by atoms with E-state index in [4.69, 9.17) is 17.0 Å². The molecule has 152 valence electrons. The Morgan fingerprint density at radius 3 is 2.72 bits per heavy atom. The molecule has 0 aliphatic carbocycles.